The third-order valence-corrected chi connectivity index (χ3v) is 4.58. The van der Waals surface area contributed by atoms with E-state index < -0.39 is 46.6 Å². The molecule has 1 saturated heterocycles. The zero-order valence-corrected chi connectivity index (χ0v) is 18.1. The highest BCUT2D eigenvalue weighted by atomic mass is 16.6. The van der Waals surface area contributed by atoms with Gasteiger partial charge in [-0.25, -0.2) is 4.79 Å². The second-order valence-corrected chi connectivity index (χ2v) is 9.56. The van der Waals surface area contributed by atoms with E-state index in [0.29, 0.717) is 0 Å². The summed E-state index contributed by atoms with van der Waals surface area (Å²) in [5.74, 6) is -0.894. The number of allylic oxidation sites excluding steroid dienone is 1. The first-order chi connectivity index (χ1) is 12.6. The van der Waals surface area contributed by atoms with Crippen LogP contribution in [0.3, 0.4) is 0 Å². The minimum Gasteiger partial charge on any atom is -0.444 e. The summed E-state index contributed by atoms with van der Waals surface area (Å²) in [5.41, 5.74) is -3.94. The molecule has 3 N–H and O–H groups in total. The van der Waals surface area contributed by atoms with Crippen LogP contribution in [-0.2, 0) is 14.3 Å². The number of carbonyl (C=O) groups is 3. The fraction of sp³-hybridized carbons (Fsp3) is 0.750. The first kappa shape index (κ1) is 23.9. The van der Waals surface area contributed by atoms with Gasteiger partial charge in [-0.05, 0) is 48.0 Å². The SMILES string of the molecule is C=CCC1(CO)CN(C(=O)OC(C)(C)C)CC1(NC(C)=O)C(=O)NC(C)(C)C. The van der Waals surface area contributed by atoms with E-state index in [1.165, 1.54) is 11.8 Å². The standard InChI is InChI=1S/C20H35N3O5/c1-9-10-19(13-24)11-23(16(27)28-18(6,7)8)12-20(19,21-14(2)25)15(26)22-17(3,4)5/h9,24H,1,10-13H2,2-8H3,(H,21,25)(H,22,26). The van der Waals surface area contributed by atoms with E-state index in [1.807, 2.05) is 20.8 Å². The van der Waals surface area contributed by atoms with Crippen LogP contribution in [0.4, 0.5) is 4.79 Å². The summed E-state index contributed by atoms with van der Waals surface area (Å²) in [6.07, 6.45) is 1.20. The summed E-state index contributed by atoms with van der Waals surface area (Å²) in [6, 6.07) is 0. The van der Waals surface area contributed by atoms with E-state index in [2.05, 4.69) is 17.2 Å². The highest BCUT2D eigenvalue weighted by Gasteiger charge is 2.63. The van der Waals surface area contributed by atoms with Crippen molar-refractivity contribution in [1.29, 1.82) is 0 Å². The summed E-state index contributed by atoms with van der Waals surface area (Å²) >= 11 is 0. The number of amides is 3. The first-order valence-corrected chi connectivity index (χ1v) is 9.42. The van der Waals surface area contributed by atoms with Crippen LogP contribution in [0.15, 0.2) is 12.7 Å². The third-order valence-electron chi connectivity index (χ3n) is 4.58. The predicted octanol–water partition coefficient (Wildman–Crippen LogP) is 1.58. The van der Waals surface area contributed by atoms with Gasteiger partial charge in [0.25, 0.3) is 0 Å². The molecule has 0 bridgehead atoms. The molecule has 8 heteroatoms. The lowest BCUT2D eigenvalue weighted by atomic mass is 9.69. The number of likely N-dealkylation sites (tertiary alicyclic amines) is 1. The molecule has 1 aliphatic rings. The molecule has 1 fully saturated rings. The first-order valence-electron chi connectivity index (χ1n) is 9.42. The number of aliphatic hydroxyl groups excluding tert-OH is 1. The van der Waals surface area contributed by atoms with Crippen LogP contribution in [0.25, 0.3) is 0 Å². The second-order valence-electron chi connectivity index (χ2n) is 9.56. The van der Waals surface area contributed by atoms with Gasteiger partial charge in [-0.15, -0.1) is 6.58 Å². The van der Waals surface area contributed by atoms with E-state index in [1.54, 1.807) is 26.8 Å². The predicted molar refractivity (Wildman–Crippen MR) is 107 cm³/mol. The minimum absolute atomic E-state index is 0.0439. The van der Waals surface area contributed by atoms with Gasteiger partial charge in [0.05, 0.1) is 13.2 Å². The molecule has 0 aromatic carbocycles. The molecule has 0 saturated carbocycles. The highest BCUT2D eigenvalue weighted by Crippen LogP contribution is 2.43. The molecule has 1 aliphatic heterocycles. The summed E-state index contributed by atoms with van der Waals surface area (Å²) in [5, 5.41) is 15.9. The summed E-state index contributed by atoms with van der Waals surface area (Å²) in [4.78, 5) is 39.5. The highest BCUT2D eigenvalue weighted by molar-refractivity contribution is 5.94. The van der Waals surface area contributed by atoms with E-state index in [4.69, 9.17) is 4.74 Å². The fourth-order valence-corrected chi connectivity index (χ4v) is 3.52. The number of hydrogen-bond acceptors (Lipinski definition) is 5. The van der Waals surface area contributed by atoms with Crippen molar-refractivity contribution in [3.63, 3.8) is 0 Å². The van der Waals surface area contributed by atoms with Crippen LogP contribution in [0, 0.1) is 5.41 Å². The van der Waals surface area contributed by atoms with Crippen molar-refractivity contribution in [2.75, 3.05) is 19.7 Å². The largest absolute Gasteiger partial charge is 0.444 e. The molecule has 0 radical (unpaired) electrons. The van der Waals surface area contributed by atoms with Crippen molar-refractivity contribution in [2.45, 2.75) is 71.6 Å². The lowest BCUT2D eigenvalue weighted by Crippen LogP contribution is -2.70. The number of carbonyl (C=O) groups excluding carboxylic acids is 3. The molecule has 160 valence electrons. The minimum atomic E-state index is -1.52. The summed E-state index contributed by atoms with van der Waals surface area (Å²) in [6.45, 7) is 15.3. The number of aliphatic hydroxyl groups is 1. The van der Waals surface area contributed by atoms with Gasteiger partial charge in [-0.1, -0.05) is 6.08 Å². The van der Waals surface area contributed by atoms with Gasteiger partial charge in [-0.3, -0.25) is 9.59 Å². The van der Waals surface area contributed by atoms with E-state index >= 15 is 0 Å². The van der Waals surface area contributed by atoms with Crippen molar-refractivity contribution in [3.8, 4) is 0 Å². The van der Waals surface area contributed by atoms with Gasteiger partial charge in [-0.2, -0.15) is 0 Å². The Kier molecular flexibility index (Phi) is 6.93. The topological polar surface area (TPSA) is 108 Å². The molecule has 8 nitrogen and oxygen atoms in total. The molecule has 3 amide bonds. The number of hydrogen-bond donors (Lipinski definition) is 3. The average molecular weight is 398 g/mol. The molecule has 0 aromatic rings. The summed E-state index contributed by atoms with van der Waals surface area (Å²) < 4.78 is 5.45. The van der Waals surface area contributed by atoms with Gasteiger partial charge >= 0.3 is 6.09 Å². The van der Waals surface area contributed by atoms with Crippen LogP contribution in [0.5, 0.6) is 0 Å². The Morgan fingerprint density at radius 3 is 2.14 bits per heavy atom. The van der Waals surface area contributed by atoms with E-state index in [9.17, 15) is 19.5 Å². The van der Waals surface area contributed by atoms with Gasteiger partial charge in [0.15, 0.2) is 0 Å². The smallest absolute Gasteiger partial charge is 0.410 e. The maximum Gasteiger partial charge on any atom is 0.410 e. The van der Waals surface area contributed by atoms with Crippen molar-refractivity contribution in [3.05, 3.63) is 12.7 Å². The molecule has 1 rings (SSSR count). The third kappa shape index (κ3) is 5.25. The van der Waals surface area contributed by atoms with Gasteiger partial charge < -0.3 is 25.4 Å². The van der Waals surface area contributed by atoms with Gasteiger partial charge in [0.1, 0.15) is 11.1 Å². The Morgan fingerprint density at radius 2 is 1.75 bits per heavy atom. The van der Waals surface area contributed by atoms with Crippen molar-refractivity contribution in [1.82, 2.24) is 15.5 Å². The monoisotopic (exact) mass is 397 g/mol. The molecular formula is C20H35N3O5. The average Bonchev–Trinajstić information content (AvgIpc) is 2.80. The van der Waals surface area contributed by atoms with Crippen LogP contribution >= 0.6 is 0 Å². The molecule has 1 heterocycles. The summed E-state index contributed by atoms with van der Waals surface area (Å²) in [7, 11) is 0. The maximum absolute atomic E-state index is 13.4. The fourth-order valence-electron chi connectivity index (χ4n) is 3.52. The quantitative estimate of drug-likeness (QED) is 0.611. The zero-order valence-electron chi connectivity index (χ0n) is 18.1. The molecule has 0 spiro atoms. The normalized spacial score (nSPS) is 25.2. The lowest BCUT2D eigenvalue weighted by Gasteiger charge is -2.43. The zero-order chi connectivity index (χ0) is 22.0. The van der Waals surface area contributed by atoms with Crippen molar-refractivity contribution in [2.24, 2.45) is 5.41 Å². The molecule has 0 aliphatic carbocycles. The Balaban J connectivity index is 3.48. The maximum atomic E-state index is 13.4. The second kappa shape index (κ2) is 8.11. The van der Waals surface area contributed by atoms with Crippen molar-refractivity contribution < 1.29 is 24.2 Å². The van der Waals surface area contributed by atoms with Crippen LogP contribution in [0.1, 0.15) is 54.9 Å². The Hall–Kier alpha value is -2.09. The van der Waals surface area contributed by atoms with Gasteiger partial charge in [0.2, 0.25) is 11.8 Å². The number of rotatable bonds is 5. The van der Waals surface area contributed by atoms with Crippen molar-refractivity contribution >= 4 is 17.9 Å². The molecule has 2 atom stereocenters. The molecule has 28 heavy (non-hydrogen) atoms. The molecular weight excluding hydrogens is 362 g/mol. The molecule has 2 unspecified atom stereocenters. The number of ether oxygens (including phenoxy) is 1. The van der Waals surface area contributed by atoms with E-state index in [-0.39, 0.29) is 19.5 Å². The van der Waals surface area contributed by atoms with Crippen LogP contribution < -0.4 is 10.6 Å². The van der Waals surface area contributed by atoms with E-state index in [0.717, 1.165) is 0 Å². The Bertz CT molecular complexity index is 635. The Labute approximate surface area is 167 Å². The Morgan fingerprint density at radius 1 is 1.18 bits per heavy atom. The lowest BCUT2D eigenvalue weighted by molar-refractivity contribution is -0.139. The number of nitrogens with zero attached hydrogens (tertiary/aromatic N) is 1. The van der Waals surface area contributed by atoms with Gasteiger partial charge in [0, 0.05) is 24.4 Å². The van der Waals surface area contributed by atoms with Crippen LogP contribution in [0.2, 0.25) is 0 Å². The van der Waals surface area contributed by atoms with Crippen LogP contribution in [-0.4, -0.2) is 64.3 Å². The molecule has 0 aromatic heterocycles. The number of nitrogens with one attached hydrogen (secondary N) is 2.